The van der Waals surface area contributed by atoms with Crippen LogP contribution in [0.5, 0.6) is 5.75 Å². The average Bonchev–Trinajstić information content (AvgIpc) is 3.29. The van der Waals surface area contributed by atoms with Crippen molar-refractivity contribution in [2.24, 2.45) is 0 Å². The first-order chi connectivity index (χ1) is 12.6. The summed E-state index contributed by atoms with van der Waals surface area (Å²) in [6.45, 7) is 3.49. The lowest BCUT2D eigenvalue weighted by atomic mass is 10.1. The molecule has 2 aliphatic rings. The van der Waals surface area contributed by atoms with Gasteiger partial charge in [0, 0.05) is 25.7 Å². The Morgan fingerprint density at radius 2 is 2.27 bits per heavy atom. The van der Waals surface area contributed by atoms with Crippen molar-refractivity contribution >= 4 is 17.5 Å². The minimum absolute atomic E-state index is 0.00896. The average molecular weight is 380 g/mol. The predicted molar refractivity (Wildman–Crippen MR) is 92.7 cm³/mol. The summed E-state index contributed by atoms with van der Waals surface area (Å²) in [6.07, 6.45) is 3.69. The molecule has 2 saturated heterocycles. The number of hydrogen-bond acceptors (Lipinski definition) is 5. The number of hydrogen-bond donors (Lipinski definition) is 0. The lowest BCUT2D eigenvalue weighted by Gasteiger charge is -2.37. The van der Waals surface area contributed by atoms with Gasteiger partial charge < -0.3 is 14.1 Å². The highest BCUT2D eigenvalue weighted by molar-refractivity contribution is 6.32. The van der Waals surface area contributed by atoms with Gasteiger partial charge >= 0.3 is 0 Å². The van der Waals surface area contributed by atoms with Crippen molar-refractivity contribution in [3.05, 3.63) is 46.9 Å². The lowest BCUT2D eigenvalue weighted by molar-refractivity contribution is 0.0565. The highest BCUT2D eigenvalue weighted by Crippen LogP contribution is 2.26. The standard InChI is InChI=1S/C18H19ClFN3O3/c19-14-8-12(20)3-4-16(14)25-11-17-21-15(10-26-17)18(24)23-7-6-22-5-1-2-13(22)9-23/h3-4,8,10,13H,1-2,5-7,9,11H2/t13-/m0/s1. The van der Waals surface area contributed by atoms with Crippen molar-refractivity contribution in [1.82, 2.24) is 14.8 Å². The summed E-state index contributed by atoms with van der Waals surface area (Å²) >= 11 is 5.92. The van der Waals surface area contributed by atoms with Crippen LogP contribution in [0.3, 0.4) is 0 Å². The molecule has 26 heavy (non-hydrogen) atoms. The van der Waals surface area contributed by atoms with Crippen molar-refractivity contribution in [1.29, 1.82) is 0 Å². The molecule has 138 valence electrons. The summed E-state index contributed by atoms with van der Waals surface area (Å²) in [5, 5.41) is 0.169. The second-order valence-electron chi connectivity index (χ2n) is 6.57. The fourth-order valence-corrected chi connectivity index (χ4v) is 3.77. The minimum Gasteiger partial charge on any atom is -0.482 e. The van der Waals surface area contributed by atoms with Gasteiger partial charge in [-0.1, -0.05) is 11.6 Å². The molecule has 1 aromatic carbocycles. The van der Waals surface area contributed by atoms with Gasteiger partial charge in [0.25, 0.3) is 5.91 Å². The van der Waals surface area contributed by atoms with Gasteiger partial charge in [0.05, 0.1) is 5.02 Å². The summed E-state index contributed by atoms with van der Waals surface area (Å²) in [5.41, 5.74) is 0.278. The van der Waals surface area contributed by atoms with E-state index in [9.17, 15) is 9.18 Å². The third-order valence-electron chi connectivity index (χ3n) is 4.89. The Bertz CT molecular complexity index is 813. The molecule has 8 heteroatoms. The number of rotatable bonds is 4. The maximum Gasteiger partial charge on any atom is 0.275 e. The number of benzene rings is 1. The van der Waals surface area contributed by atoms with Gasteiger partial charge in [0.2, 0.25) is 5.89 Å². The number of oxazole rings is 1. The fourth-order valence-electron chi connectivity index (χ4n) is 3.54. The zero-order chi connectivity index (χ0) is 18.1. The maximum atomic E-state index is 13.0. The summed E-state index contributed by atoms with van der Waals surface area (Å²) in [4.78, 5) is 21.2. The second-order valence-corrected chi connectivity index (χ2v) is 6.98. The second kappa shape index (κ2) is 7.25. The van der Waals surface area contributed by atoms with E-state index in [0.29, 0.717) is 18.3 Å². The number of fused-ring (bicyclic) bond motifs is 1. The molecule has 2 fully saturated rings. The monoisotopic (exact) mass is 379 g/mol. The Hall–Kier alpha value is -2.12. The Morgan fingerprint density at radius 1 is 1.38 bits per heavy atom. The van der Waals surface area contributed by atoms with Crippen LogP contribution in [0.1, 0.15) is 29.2 Å². The number of halogens is 2. The van der Waals surface area contributed by atoms with Crippen LogP contribution in [-0.4, -0.2) is 52.9 Å². The van der Waals surface area contributed by atoms with Crippen LogP contribution in [0, 0.1) is 5.82 Å². The molecule has 0 radical (unpaired) electrons. The van der Waals surface area contributed by atoms with Crippen molar-refractivity contribution in [2.75, 3.05) is 26.2 Å². The highest BCUT2D eigenvalue weighted by Gasteiger charge is 2.33. The molecule has 0 unspecified atom stereocenters. The summed E-state index contributed by atoms with van der Waals surface area (Å²) in [7, 11) is 0. The first-order valence-corrected chi connectivity index (χ1v) is 9.03. The van der Waals surface area contributed by atoms with Crippen LogP contribution < -0.4 is 4.74 Å². The van der Waals surface area contributed by atoms with Crippen LogP contribution in [0.15, 0.2) is 28.9 Å². The molecule has 0 saturated carbocycles. The molecular formula is C18H19ClFN3O3. The third kappa shape index (κ3) is 3.54. The summed E-state index contributed by atoms with van der Waals surface area (Å²) < 4.78 is 23.9. The predicted octanol–water partition coefficient (Wildman–Crippen LogP) is 2.97. The van der Waals surface area contributed by atoms with E-state index < -0.39 is 5.82 Å². The number of aromatic nitrogens is 1. The molecule has 1 atom stereocenters. The minimum atomic E-state index is -0.436. The van der Waals surface area contributed by atoms with Crippen LogP contribution in [0.4, 0.5) is 4.39 Å². The van der Waals surface area contributed by atoms with Gasteiger partial charge in [-0.05, 0) is 37.6 Å². The van der Waals surface area contributed by atoms with E-state index >= 15 is 0 Å². The number of nitrogens with zero attached hydrogens (tertiary/aromatic N) is 3. The number of piperazine rings is 1. The molecule has 2 aliphatic heterocycles. The zero-order valence-corrected chi connectivity index (χ0v) is 14.9. The SMILES string of the molecule is O=C(c1coc(COc2ccc(F)cc2Cl)n1)N1CCN2CCC[C@H]2C1. The topological polar surface area (TPSA) is 58.8 Å². The molecular weight excluding hydrogens is 361 g/mol. The van der Waals surface area contributed by atoms with Crippen molar-refractivity contribution in [3.63, 3.8) is 0 Å². The van der Waals surface area contributed by atoms with E-state index in [2.05, 4.69) is 9.88 Å². The number of ether oxygens (including phenoxy) is 1. The van der Waals surface area contributed by atoms with Crippen molar-refractivity contribution in [2.45, 2.75) is 25.5 Å². The first kappa shape index (κ1) is 17.3. The third-order valence-corrected chi connectivity index (χ3v) is 5.19. The largest absolute Gasteiger partial charge is 0.482 e. The van der Waals surface area contributed by atoms with Gasteiger partial charge in [-0.3, -0.25) is 9.69 Å². The Labute approximate surface area is 155 Å². The van der Waals surface area contributed by atoms with Gasteiger partial charge in [-0.15, -0.1) is 0 Å². The molecule has 0 N–H and O–H groups in total. The van der Waals surface area contributed by atoms with Crippen molar-refractivity contribution in [3.8, 4) is 5.75 Å². The van der Waals surface area contributed by atoms with Gasteiger partial charge in [-0.25, -0.2) is 9.37 Å². The van der Waals surface area contributed by atoms with Crippen LogP contribution in [0.25, 0.3) is 0 Å². The van der Waals surface area contributed by atoms with Crippen LogP contribution in [-0.2, 0) is 6.61 Å². The first-order valence-electron chi connectivity index (χ1n) is 8.66. The number of carbonyl (C=O) groups excluding carboxylic acids is 1. The fraction of sp³-hybridized carbons (Fsp3) is 0.444. The highest BCUT2D eigenvalue weighted by atomic mass is 35.5. The number of amides is 1. The van der Waals surface area contributed by atoms with E-state index in [4.69, 9.17) is 20.8 Å². The van der Waals surface area contributed by atoms with Crippen LogP contribution in [0.2, 0.25) is 5.02 Å². The Balaban J connectivity index is 1.37. The number of carbonyl (C=O) groups is 1. The molecule has 0 aliphatic carbocycles. The van der Waals surface area contributed by atoms with E-state index in [1.54, 1.807) is 0 Å². The summed E-state index contributed by atoms with van der Waals surface area (Å²) in [6, 6.07) is 4.33. The maximum absolute atomic E-state index is 13.0. The van der Waals surface area contributed by atoms with Gasteiger partial charge in [0.1, 0.15) is 17.8 Å². The molecule has 3 heterocycles. The van der Waals surface area contributed by atoms with Crippen LogP contribution >= 0.6 is 11.6 Å². The lowest BCUT2D eigenvalue weighted by Crippen LogP contribution is -2.52. The van der Waals surface area contributed by atoms with E-state index in [-0.39, 0.29) is 29.1 Å². The van der Waals surface area contributed by atoms with Crippen molar-refractivity contribution < 1.29 is 18.3 Å². The molecule has 0 bridgehead atoms. The van der Waals surface area contributed by atoms with Gasteiger partial charge in [0.15, 0.2) is 12.3 Å². The smallest absolute Gasteiger partial charge is 0.275 e. The molecule has 4 rings (SSSR count). The Kier molecular flexibility index (Phi) is 4.82. The van der Waals surface area contributed by atoms with E-state index in [1.807, 2.05) is 4.90 Å². The molecule has 0 spiro atoms. The van der Waals surface area contributed by atoms with E-state index in [0.717, 1.165) is 26.1 Å². The normalized spacial score (nSPS) is 20.2. The molecule has 1 amide bonds. The summed E-state index contributed by atoms with van der Waals surface area (Å²) in [5.74, 6) is 0.0461. The zero-order valence-electron chi connectivity index (χ0n) is 14.2. The quantitative estimate of drug-likeness (QED) is 0.817. The molecule has 1 aromatic heterocycles. The molecule has 6 nitrogen and oxygen atoms in total. The van der Waals surface area contributed by atoms with Gasteiger partial charge in [-0.2, -0.15) is 0 Å². The Morgan fingerprint density at radius 3 is 3.12 bits per heavy atom. The van der Waals surface area contributed by atoms with E-state index in [1.165, 1.54) is 30.9 Å². The molecule has 2 aromatic rings.